The SMILES string of the molecule is CN(C)C(CN=C1Cc2c(C(=O)Cc3ccc(F)c(Cl)c3)cc(F)c(F)c2N1)c1ccccc1. The topological polar surface area (TPSA) is 44.7 Å². The van der Waals surface area contributed by atoms with Gasteiger partial charge < -0.3 is 10.2 Å². The van der Waals surface area contributed by atoms with Crippen molar-refractivity contribution in [1.29, 1.82) is 0 Å². The number of likely N-dealkylation sites (N-methyl/N-ethyl adjacent to an activating group) is 1. The molecular weight excluding hydrogens is 463 g/mol. The molecule has 1 unspecified atom stereocenters. The van der Waals surface area contributed by atoms with Crippen LogP contribution in [-0.2, 0) is 12.8 Å². The number of hydrogen-bond acceptors (Lipinski definition) is 3. The molecule has 3 aromatic rings. The van der Waals surface area contributed by atoms with Gasteiger partial charge in [0.2, 0.25) is 0 Å². The number of carbonyl (C=O) groups is 1. The van der Waals surface area contributed by atoms with Crippen LogP contribution < -0.4 is 5.32 Å². The maximum absolute atomic E-state index is 14.6. The van der Waals surface area contributed by atoms with Gasteiger partial charge in [0.25, 0.3) is 0 Å². The molecule has 0 aliphatic carbocycles. The second-order valence-corrected chi connectivity index (χ2v) is 8.81. The largest absolute Gasteiger partial charge is 0.341 e. The van der Waals surface area contributed by atoms with Crippen LogP contribution >= 0.6 is 11.6 Å². The molecule has 3 aromatic carbocycles. The lowest BCUT2D eigenvalue weighted by molar-refractivity contribution is 0.0992. The van der Waals surface area contributed by atoms with Gasteiger partial charge >= 0.3 is 0 Å². The van der Waals surface area contributed by atoms with Crippen LogP contribution in [0.15, 0.2) is 59.6 Å². The number of nitrogens with one attached hydrogen (secondary N) is 1. The van der Waals surface area contributed by atoms with E-state index in [0.717, 1.165) is 11.6 Å². The number of carbonyl (C=O) groups excluding carboxylic acids is 1. The van der Waals surface area contributed by atoms with Gasteiger partial charge in [0, 0.05) is 18.4 Å². The van der Waals surface area contributed by atoms with Crippen molar-refractivity contribution < 1.29 is 18.0 Å². The van der Waals surface area contributed by atoms with Crippen LogP contribution in [0.25, 0.3) is 0 Å². The monoisotopic (exact) mass is 485 g/mol. The average molecular weight is 486 g/mol. The highest BCUT2D eigenvalue weighted by Crippen LogP contribution is 2.33. The summed E-state index contributed by atoms with van der Waals surface area (Å²) in [5, 5.41) is 2.75. The summed E-state index contributed by atoms with van der Waals surface area (Å²) in [5.41, 5.74) is 1.92. The van der Waals surface area contributed by atoms with Gasteiger partial charge in [-0.05, 0) is 49.0 Å². The van der Waals surface area contributed by atoms with E-state index in [0.29, 0.717) is 23.5 Å². The number of amidine groups is 1. The van der Waals surface area contributed by atoms with Crippen LogP contribution in [0.3, 0.4) is 0 Å². The minimum atomic E-state index is -1.12. The number of benzene rings is 3. The first kappa shape index (κ1) is 24.0. The predicted molar refractivity (Wildman–Crippen MR) is 128 cm³/mol. The minimum Gasteiger partial charge on any atom is -0.341 e. The Morgan fingerprint density at radius 2 is 1.82 bits per heavy atom. The molecule has 1 atom stereocenters. The number of nitrogens with zero attached hydrogens (tertiary/aromatic N) is 2. The van der Waals surface area contributed by atoms with Crippen molar-refractivity contribution in [1.82, 2.24) is 4.90 Å². The summed E-state index contributed by atoms with van der Waals surface area (Å²) in [6.07, 6.45) is 0.0490. The quantitative estimate of drug-likeness (QED) is 0.427. The van der Waals surface area contributed by atoms with Gasteiger partial charge in [0.1, 0.15) is 11.7 Å². The maximum atomic E-state index is 14.6. The summed E-state index contributed by atoms with van der Waals surface area (Å²) in [7, 11) is 3.89. The van der Waals surface area contributed by atoms with Gasteiger partial charge in [-0.15, -0.1) is 0 Å². The number of rotatable bonds is 7. The van der Waals surface area contributed by atoms with E-state index in [1.54, 1.807) is 0 Å². The minimum absolute atomic E-state index is 0.00915. The standard InChI is InChI=1S/C26H23ClF3N3O/c1-33(2)22(16-6-4-3-5-7-16)14-31-24-13-18-17(12-21(29)25(30)26(18)32-24)23(34)11-15-8-9-20(28)19(27)10-15/h3-10,12,22H,11,13-14H2,1-2H3,(H,31,32). The van der Waals surface area contributed by atoms with Crippen LogP contribution in [-0.4, -0.2) is 37.2 Å². The zero-order chi connectivity index (χ0) is 24.4. The van der Waals surface area contributed by atoms with Crippen molar-refractivity contribution in [3.63, 3.8) is 0 Å². The Labute approximate surface area is 201 Å². The lowest BCUT2D eigenvalue weighted by atomic mass is 9.96. The normalized spacial score (nSPS) is 14.9. The van der Waals surface area contributed by atoms with E-state index in [1.165, 1.54) is 18.2 Å². The Balaban J connectivity index is 1.59. The molecule has 0 saturated carbocycles. The number of fused-ring (bicyclic) bond motifs is 1. The molecular formula is C26H23ClF3N3O. The van der Waals surface area contributed by atoms with Crippen LogP contribution in [0.2, 0.25) is 5.02 Å². The lowest BCUT2D eigenvalue weighted by Gasteiger charge is -2.23. The summed E-state index contributed by atoms with van der Waals surface area (Å²) < 4.78 is 42.3. The van der Waals surface area contributed by atoms with Crippen LogP contribution in [0, 0.1) is 17.5 Å². The number of halogens is 4. The fraction of sp³-hybridized carbons (Fsp3) is 0.231. The van der Waals surface area contributed by atoms with Gasteiger partial charge in [-0.1, -0.05) is 48.0 Å². The zero-order valence-corrected chi connectivity index (χ0v) is 19.5. The lowest BCUT2D eigenvalue weighted by Crippen LogP contribution is -2.23. The van der Waals surface area contributed by atoms with Gasteiger partial charge in [0.15, 0.2) is 17.4 Å². The van der Waals surface area contributed by atoms with E-state index in [4.69, 9.17) is 11.6 Å². The van der Waals surface area contributed by atoms with Crippen molar-refractivity contribution in [3.05, 3.63) is 99.3 Å². The molecule has 0 bridgehead atoms. The number of aliphatic imine (C=N–C) groups is 1. The van der Waals surface area contributed by atoms with Gasteiger partial charge in [-0.3, -0.25) is 9.79 Å². The molecule has 0 amide bonds. The third-order valence-corrected chi connectivity index (χ3v) is 6.14. The molecule has 1 heterocycles. The number of ketones is 1. The molecule has 0 radical (unpaired) electrons. The molecule has 0 spiro atoms. The van der Waals surface area contributed by atoms with Crippen molar-refractivity contribution in [2.45, 2.75) is 18.9 Å². The highest BCUT2D eigenvalue weighted by Gasteiger charge is 2.29. The third-order valence-electron chi connectivity index (χ3n) is 5.85. The number of hydrogen-bond donors (Lipinski definition) is 1. The first-order valence-electron chi connectivity index (χ1n) is 10.7. The second kappa shape index (κ2) is 9.99. The fourth-order valence-corrected chi connectivity index (χ4v) is 4.25. The van der Waals surface area contributed by atoms with E-state index in [1.807, 2.05) is 49.3 Å². The van der Waals surface area contributed by atoms with Crippen molar-refractivity contribution in [2.75, 3.05) is 26.0 Å². The summed E-state index contributed by atoms with van der Waals surface area (Å²) in [5.74, 6) is -2.72. The molecule has 1 N–H and O–H groups in total. The van der Waals surface area contributed by atoms with Crippen LogP contribution in [0.1, 0.15) is 33.1 Å². The van der Waals surface area contributed by atoms with Crippen molar-refractivity contribution in [3.8, 4) is 0 Å². The molecule has 4 rings (SSSR count). The van der Waals surface area contributed by atoms with E-state index in [2.05, 4.69) is 10.3 Å². The van der Waals surface area contributed by atoms with Gasteiger partial charge in [-0.25, -0.2) is 13.2 Å². The highest BCUT2D eigenvalue weighted by atomic mass is 35.5. The molecule has 1 aliphatic rings. The van der Waals surface area contributed by atoms with Crippen molar-refractivity contribution in [2.24, 2.45) is 4.99 Å². The Hall–Kier alpha value is -3.16. The zero-order valence-electron chi connectivity index (χ0n) is 18.7. The summed E-state index contributed by atoms with van der Waals surface area (Å²) >= 11 is 5.80. The predicted octanol–water partition coefficient (Wildman–Crippen LogP) is 5.85. The third kappa shape index (κ3) is 5.00. The molecule has 4 nitrogen and oxygen atoms in total. The maximum Gasteiger partial charge on any atom is 0.182 e. The van der Waals surface area contributed by atoms with Crippen LogP contribution in [0.5, 0.6) is 0 Å². The highest BCUT2D eigenvalue weighted by molar-refractivity contribution is 6.30. The van der Waals surface area contributed by atoms with Crippen LogP contribution in [0.4, 0.5) is 18.9 Å². The molecule has 0 aromatic heterocycles. The molecule has 0 fully saturated rings. The van der Waals surface area contributed by atoms with Gasteiger partial charge in [-0.2, -0.15) is 0 Å². The first-order valence-corrected chi connectivity index (χ1v) is 11.1. The van der Waals surface area contributed by atoms with Crippen molar-refractivity contribution >= 4 is 28.9 Å². The fourth-order valence-electron chi connectivity index (χ4n) is 4.05. The Bertz CT molecular complexity index is 1260. The summed E-state index contributed by atoms with van der Waals surface area (Å²) in [4.78, 5) is 19.6. The Morgan fingerprint density at radius 3 is 2.50 bits per heavy atom. The molecule has 0 saturated heterocycles. The van der Waals surface area contributed by atoms with E-state index < -0.39 is 23.2 Å². The number of anilines is 1. The Morgan fingerprint density at radius 1 is 1.09 bits per heavy atom. The summed E-state index contributed by atoms with van der Waals surface area (Å²) in [6.45, 7) is 0.398. The number of Topliss-reactive ketones (excluding diaryl/α,β-unsaturated/α-hetero) is 1. The molecule has 8 heteroatoms. The molecule has 176 valence electrons. The second-order valence-electron chi connectivity index (χ2n) is 8.40. The van der Waals surface area contributed by atoms with E-state index in [-0.39, 0.29) is 35.2 Å². The molecule has 34 heavy (non-hydrogen) atoms. The first-order chi connectivity index (χ1) is 16.2. The summed E-state index contributed by atoms with van der Waals surface area (Å²) in [6, 6.07) is 14.7. The van der Waals surface area contributed by atoms with E-state index in [9.17, 15) is 18.0 Å². The average Bonchev–Trinajstić information content (AvgIpc) is 3.24. The Kier molecular flexibility index (Phi) is 7.05. The van der Waals surface area contributed by atoms with Gasteiger partial charge in [0.05, 0.1) is 23.3 Å². The smallest absolute Gasteiger partial charge is 0.182 e. The van der Waals surface area contributed by atoms with E-state index >= 15 is 0 Å². The molecule has 1 aliphatic heterocycles.